The fraction of sp³-hybridized carbons (Fsp3) is 0.385. The maximum absolute atomic E-state index is 12.7. The van der Waals surface area contributed by atoms with Crippen LogP contribution in [-0.2, 0) is 12.0 Å². The zero-order chi connectivity index (χ0) is 22.7. The second kappa shape index (κ2) is 9.17. The number of carbonyl (C=O) groups is 1. The molecule has 2 aromatic carbocycles. The van der Waals surface area contributed by atoms with E-state index in [1.54, 1.807) is 0 Å². The van der Waals surface area contributed by atoms with E-state index in [2.05, 4.69) is 44.4 Å². The minimum absolute atomic E-state index is 0.0302. The Labute approximate surface area is 189 Å². The van der Waals surface area contributed by atoms with Gasteiger partial charge in [-0.05, 0) is 49.2 Å². The van der Waals surface area contributed by atoms with Gasteiger partial charge in [0.15, 0.2) is 0 Å². The van der Waals surface area contributed by atoms with E-state index in [9.17, 15) is 9.90 Å². The quantitative estimate of drug-likeness (QED) is 0.628. The molecule has 0 bridgehead atoms. The minimum Gasteiger partial charge on any atom is -0.393 e. The first-order valence-electron chi connectivity index (χ1n) is 11.3. The number of benzene rings is 2. The Morgan fingerprint density at radius 2 is 1.72 bits per heavy atom. The molecular formula is C26H32N4O2. The number of rotatable bonds is 5. The third kappa shape index (κ3) is 5.02. The molecule has 0 aliphatic carbocycles. The minimum atomic E-state index is -0.283. The van der Waals surface area contributed by atoms with Crippen LogP contribution in [-0.4, -0.2) is 44.9 Å². The number of aliphatic hydroxyl groups is 1. The lowest BCUT2D eigenvalue weighted by atomic mass is 9.89. The van der Waals surface area contributed by atoms with Gasteiger partial charge in [0, 0.05) is 48.1 Å². The van der Waals surface area contributed by atoms with Crippen molar-refractivity contribution >= 4 is 11.6 Å². The van der Waals surface area contributed by atoms with E-state index in [1.807, 2.05) is 52.0 Å². The highest BCUT2D eigenvalue weighted by Gasteiger charge is 2.23. The molecule has 1 aliphatic heterocycles. The molecule has 1 saturated heterocycles. The van der Waals surface area contributed by atoms with Crippen LogP contribution >= 0.6 is 0 Å². The molecule has 0 saturated carbocycles. The number of nitrogens with one attached hydrogen (secondary N) is 1. The van der Waals surface area contributed by atoms with Crippen molar-refractivity contribution in [3.05, 3.63) is 77.6 Å². The highest BCUT2D eigenvalue weighted by atomic mass is 16.3. The van der Waals surface area contributed by atoms with Gasteiger partial charge in [-0.15, -0.1) is 0 Å². The Kier molecular flexibility index (Phi) is 6.33. The summed E-state index contributed by atoms with van der Waals surface area (Å²) in [6.45, 7) is 8.40. The van der Waals surface area contributed by atoms with Crippen LogP contribution in [0.25, 0.3) is 5.69 Å². The molecule has 0 spiro atoms. The van der Waals surface area contributed by atoms with Gasteiger partial charge in [-0.2, -0.15) is 5.10 Å². The fourth-order valence-electron chi connectivity index (χ4n) is 4.06. The number of likely N-dealkylation sites (tertiary alicyclic amines) is 1. The van der Waals surface area contributed by atoms with E-state index in [4.69, 9.17) is 5.10 Å². The van der Waals surface area contributed by atoms with Gasteiger partial charge in [0.05, 0.1) is 17.5 Å². The van der Waals surface area contributed by atoms with Crippen molar-refractivity contribution in [1.29, 1.82) is 0 Å². The average molecular weight is 433 g/mol. The summed E-state index contributed by atoms with van der Waals surface area (Å²) in [5.74, 6) is 0.0302. The van der Waals surface area contributed by atoms with E-state index in [1.165, 1.54) is 0 Å². The maximum Gasteiger partial charge on any atom is 0.253 e. The largest absolute Gasteiger partial charge is 0.393 e. The first-order valence-corrected chi connectivity index (χ1v) is 11.3. The number of aromatic nitrogens is 2. The van der Waals surface area contributed by atoms with Crippen LogP contribution in [0.5, 0.6) is 0 Å². The monoisotopic (exact) mass is 432 g/mol. The van der Waals surface area contributed by atoms with Crippen molar-refractivity contribution < 1.29 is 9.90 Å². The van der Waals surface area contributed by atoms with Crippen LogP contribution in [0.3, 0.4) is 0 Å². The van der Waals surface area contributed by atoms with Crippen molar-refractivity contribution in [2.45, 2.75) is 51.7 Å². The summed E-state index contributed by atoms with van der Waals surface area (Å²) in [6.07, 6.45) is 3.11. The first kappa shape index (κ1) is 22.1. The smallest absolute Gasteiger partial charge is 0.253 e. The van der Waals surface area contributed by atoms with Crippen LogP contribution in [0.15, 0.2) is 60.8 Å². The number of hydrogen-bond donors (Lipinski definition) is 2. The molecule has 1 aliphatic rings. The lowest BCUT2D eigenvalue weighted by molar-refractivity contribution is 0.0546. The molecule has 6 nitrogen and oxygen atoms in total. The Balaban J connectivity index is 1.45. The second-order valence-corrected chi connectivity index (χ2v) is 9.49. The molecule has 32 heavy (non-hydrogen) atoms. The van der Waals surface area contributed by atoms with E-state index in [0.29, 0.717) is 38.0 Å². The third-order valence-corrected chi connectivity index (χ3v) is 5.89. The number of anilines is 1. The number of amides is 1. The summed E-state index contributed by atoms with van der Waals surface area (Å²) in [7, 11) is 0. The van der Waals surface area contributed by atoms with Crippen molar-refractivity contribution in [3.63, 3.8) is 0 Å². The molecule has 1 aromatic heterocycles. The van der Waals surface area contributed by atoms with Crippen LogP contribution < -0.4 is 5.32 Å². The van der Waals surface area contributed by atoms with Gasteiger partial charge >= 0.3 is 0 Å². The molecule has 0 radical (unpaired) electrons. The van der Waals surface area contributed by atoms with Crippen LogP contribution in [0.4, 0.5) is 5.69 Å². The standard InChI is InChI=1S/C26H32N4O2/c1-26(2,3)24-20(18-30(28-24)22-7-5-4-6-8-22)17-27-21-11-9-19(10-12-21)25(32)29-15-13-23(31)14-16-29/h4-12,18,23,27,31H,13-17H2,1-3H3. The Bertz CT molecular complexity index is 1040. The van der Waals surface area contributed by atoms with Crippen LogP contribution in [0, 0.1) is 0 Å². The van der Waals surface area contributed by atoms with Gasteiger partial charge in [-0.1, -0.05) is 39.0 Å². The van der Waals surface area contributed by atoms with Gasteiger partial charge in [-0.25, -0.2) is 4.68 Å². The van der Waals surface area contributed by atoms with Crippen molar-refractivity contribution in [3.8, 4) is 5.69 Å². The van der Waals surface area contributed by atoms with E-state index < -0.39 is 0 Å². The SMILES string of the molecule is CC(C)(C)c1nn(-c2ccccc2)cc1CNc1ccc(C(=O)N2CCC(O)CC2)cc1. The summed E-state index contributed by atoms with van der Waals surface area (Å²) in [4.78, 5) is 14.5. The van der Waals surface area contributed by atoms with E-state index >= 15 is 0 Å². The molecule has 2 N–H and O–H groups in total. The van der Waals surface area contributed by atoms with Gasteiger partial charge in [-0.3, -0.25) is 4.79 Å². The number of piperidine rings is 1. The second-order valence-electron chi connectivity index (χ2n) is 9.49. The molecular weight excluding hydrogens is 400 g/mol. The highest BCUT2D eigenvalue weighted by Crippen LogP contribution is 2.26. The third-order valence-electron chi connectivity index (χ3n) is 5.89. The predicted molar refractivity (Wildman–Crippen MR) is 127 cm³/mol. The zero-order valence-corrected chi connectivity index (χ0v) is 19.1. The predicted octanol–water partition coefficient (Wildman–Crippen LogP) is 4.38. The summed E-state index contributed by atoms with van der Waals surface area (Å²) < 4.78 is 1.94. The van der Waals surface area contributed by atoms with Gasteiger partial charge in [0.25, 0.3) is 5.91 Å². The molecule has 0 unspecified atom stereocenters. The Morgan fingerprint density at radius 3 is 2.34 bits per heavy atom. The fourth-order valence-corrected chi connectivity index (χ4v) is 4.06. The van der Waals surface area contributed by atoms with Gasteiger partial charge in [0.1, 0.15) is 0 Å². The Morgan fingerprint density at radius 1 is 1.06 bits per heavy atom. The lowest BCUT2D eigenvalue weighted by Crippen LogP contribution is -2.40. The van der Waals surface area contributed by atoms with Crippen molar-refractivity contribution in [2.24, 2.45) is 0 Å². The van der Waals surface area contributed by atoms with E-state index in [0.717, 1.165) is 22.6 Å². The average Bonchev–Trinajstić information content (AvgIpc) is 3.24. The van der Waals surface area contributed by atoms with Crippen LogP contribution in [0.1, 0.15) is 55.2 Å². The van der Waals surface area contributed by atoms with Gasteiger partial charge < -0.3 is 15.3 Å². The Hall–Kier alpha value is -3.12. The van der Waals surface area contributed by atoms with Crippen LogP contribution in [0.2, 0.25) is 0 Å². The summed E-state index contributed by atoms with van der Waals surface area (Å²) in [5.41, 5.74) is 4.82. The van der Waals surface area contributed by atoms with Crippen molar-refractivity contribution in [1.82, 2.24) is 14.7 Å². The number of nitrogens with zero attached hydrogens (tertiary/aromatic N) is 3. The summed E-state index contributed by atoms with van der Waals surface area (Å²) in [6, 6.07) is 17.8. The molecule has 1 fully saturated rings. The normalized spacial score (nSPS) is 15.1. The molecule has 4 rings (SSSR count). The molecule has 0 atom stereocenters. The molecule has 2 heterocycles. The zero-order valence-electron chi connectivity index (χ0n) is 19.1. The maximum atomic E-state index is 12.7. The van der Waals surface area contributed by atoms with Crippen molar-refractivity contribution in [2.75, 3.05) is 18.4 Å². The number of aliphatic hydroxyl groups excluding tert-OH is 1. The number of hydrogen-bond acceptors (Lipinski definition) is 4. The number of carbonyl (C=O) groups excluding carboxylic acids is 1. The topological polar surface area (TPSA) is 70.4 Å². The van der Waals surface area contributed by atoms with Gasteiger partial charge in [0.2, 0.25) is 0 Å². The molecule has 6 heteroatoms. The molecule has 1 amide bonds. The summed E-state index contributed by atoms with van der Waals surface area (Å²) >= 11 is 0. The number of para-hydroxylation sites is 1. The van der Waals surface area contributed by atoms with E-state index in [-0.39, 0.29) is 17.4 Å². The highest BCUT2D eigenvalue weighted by molar-refractivity contribution is 5.94. The summed E-state index contributed by atoms with van der Waals surface area (Å²) in [5, 5.41) is 18.0. The lowest BCUT2D eigenvalue weighted by Gasteiger charge is -2.29. The molecule has 168 valence electrons. The first-order chi connectivity index (χ1) is 15.3. The molecule has 3 aromatic rings.